The Morgan fingerprint density at radius 1 is 1.03 bits per heavy atom. The molecule has 3 aromatic rings. The molecule has 1 aliphatic heterocycles. The van der Waals surface area contributed by atoms with E-state index in [0.717, 1.165) is 5.39 Å². The van der Waals surface area contributed by atoms with Crippen LogP contribution in [-0.4, -0.2) is 51.4 Å². The van der Waals surface area contributed by atoms with Gasteiger partial charge in [-0.15, -0.1) is 0 Å². The third kappa shape index (κ3) is 4.57. The molecule has 0 saturated carbocycles. The number of hydrazine groups is 1. The van der Waals surface area contributed by atoms with Gasteiger partial charge in [0.25, 0.3) is 11.8 Å². The molecule has 164 valence electrons. The number of hydrogen-bond acceptors (Lipinski definition) is 5. The van der Waals surface area contributed by atoms with Gasteiger partial charge >= 0.3 is 0 Å². The Labute approximate surface area is 183 Å². The zero-order valence-electron chi connectivity index (χ0n) is 17.0. The highest BCUT2D eigenvalue weighted by molar-refractivity contribution is 5.97. The second-order valence-electron chi connectivity index (χ2n) is 7.55. The summed E-state index contributed by atoms with van der Waals surface area (Å²) in [7, 11) is 0. The lowest BCUT2D eigenvalue weighted by atomic mass is 10.1. The van der Waals surface area contributed by atoms with E-state index in [9.17, 15) is 23.9 Å². The molecule has 9 heteroatoms. The molecule has 3 N–H and O–H groups in total. The zero-order chi connectivity index (χ0) is 22.7. The van der Waals surface area contributed by atoms with E-state index < -0.39 is 35.7 Å². The fourth-order valence-electron chi connectivity index (χ4n) is 3.70. The quantitative estimate of drug-likeness (QED) is 0.535. The van der Waals surface area contributed by atoms with E-state index in [1.165, 1.54) is 29.2 Å². The monoisotopic (exact) mass is 436 g/mol. The summed E-state index contributed by atoms with van der Waals surface area (Å²) in [6.45, 7) is -0.0501. The van der Waals surface area contributed by atoms with Gasteiger partial charge in [-0.1, -0.05) is 42.5 Å². The molecule has 0 unspecified atom stereocenters. The van der Waals surface area contributed by atoms with Crippen LogP contribution in [0.3, 0.4) is 0 Å². The number of aliphatic hydroxyl groups excluding tert-OH is 1. The first-order valence-corrected chi connectivity index (χ1v) is 10.1. The van der Waals surface area contributed by atoms with Crippen LogP contribution in [0.4, 0.5) is 4.39 Å². The summed E-state index contributed by atoms with van der Waals surface area (Å²) in [5.41, 5.74) is 5.54. The van der Waals surface area contributed by atoms with Crippen molar-refractivity contribution in [2.24, 2.45) is 0 Å². The van der Waals surface area contributed by atoms with Crippen LogP contribution in [0.2, 0.25) is 0 Å². The molecule has 2 atom stereocenters. The van der Waals surface area contributed by atoms with Gasteiger partial charge in [-0.05, 0) is 23.8 Å². The normalized spacial score (nSPS) is 17.9. The minimum absolute atomic E-state index is 0.0128. The molecule has 2 aromatic carbocycles. The standard InChI is InChI=1S/C23H21FN4O4/c24-17-7-3-1-6-15(17)11-21(30)28-13-16(29)12-20(28)23(32)27-26-22(31)19-10-9-14-5-2-4-8-18(14)25-19/h1-10,16,20,29H,11-13H2,(H,26,31)(H,27,32)/t16-,20+/m1/s1. The summed E-state index contributed by atoms with van der Waals surface area (Å²) in [5, 5.41) is 10.9. The number of benzene rings is 2. The molecule has 1 aromatic heterocycles. The molecule has 0 bridgehead atoms. The third-order valence-corrected chi connectivity index (χ3v) is 5.33. The molecular weight excluding hydrogens is 415 g/mol. The van der Waals surface area contributed by atoms with Crippen LogP contribution in [0.25, 0.3) is 10.9 Å². The van der Waals surface area contributed by atoms with Crippen molar-refractivity contribution in [2.45, 2.75) is 25.0 Å². The predicted octanol–water partition coefficient (Wildman–Crippen LogP) is 1.34. The summed E-state index contributed by atoms with van der Waals surface area (Å²) < 4.78 is 13.9. The Kier molecular flexibility index (Phi) is 6.09. The Hall–Kier alpha value is -3.85. The maximum Gasteiger partial charge on any atom is 0.288 e. The number of fused-ring (bicyclic) bond motifs is 1. The van der Waals surface area contributed by atoms with E-state index in [2.05, 4.69) is 15.8 Å². The fraction of sp³-hybridized carbons (Fsp3) is 0.217. The molecule has 1 fully saturated rings. The van der Waals surface area contributed by atoms with E-state index in [1.807, 2.05) is 12.1 Å². The van der Waals surface area contributed by atoms with Crippen LogP contribution >= 0.6 is 0 Å². The molecular formula is C23H21FN4O4. The van der Waals surface area contributed by atoms with Gasteiger partial charge in [0.15, 0.2) is 0 Å². The van der Waals surface area contributed by atoms with Crippen LogP contribution in [0, 0.1) is 5.82 Å². The number of pyridine rings is 1. The van der Waals surface area contributed by atoms with Gasteiger partial charge in [0.05, 0.1) is 18.0 Å². The number of carbonyl (C=O) groups is 3. The lowest BCUT2D eigenvalue weighted by Crippen LogP contribution is -2.52. The second kappa shape index (κ2) is 9.11. The van der Waals surface area contributed by atoms with Crippen molar-refractivity contribution in [2.75, 3.05) is 6.54 Å². The number of nitrogens with zero attached hydrogens (tertiary/aromatic N) is 2. The number of para-hydroxylation sites is 1. The van der Waals surface area contributed by atoms with Gasteiger partial charge in [0, 0.05) is 18.4 Å². The minimum atomic E-state index is -0.992. The maximum absolute atomic E-state index is 13.9. The SMILES string of the molecule is O=C(NNC(=O)[C@@H]1C[C@@H](O)CN1C(=O)Cc1ccccc1F)c1ccc2ccccc2n1. The van der Waals surface area contributed by atoms with Crippen molar-refractivity contribution in [1.29, 1.82) is 0 Å². The molecule has 2 heterocycles. The summed E-state index contributed by atoms with van der Waals surface area (Å²) in [5.74, 6) is -2.28. The molecule has 4 rings (SSSR count). The molecule has 1 saturated heterocycles. The number of hydrogen-bond donors (Lipinski definition) is 3. The van der Waals surface area contributed by atoms with Crippen molar-refractivity contribution in [3.8, 4) is 0 Å². The van der Waals surface area contributed by atoms with E-state index in [1.54, 1.807) is 24.3 Å². The number of β-amino-alcohol motifs (C(OH)–C–C–N with tert-alkyl or cyclic N) is 1. The molecule has 0 aliphatic carbocycles. The van der Waals surface area contributed by atoms with Gasteiger partial charge < -0.3 is 10.0 Å². The van der Waals surface area contributed by atoms with Crippen LogP contribution < -0.4 is 10.9 Å². The van der Waals surface area contributed by atoms with Gasteiger partial charge in [-0.25, -0.2) is 9.37 Å². The van der Waals surface area contributed by atoms with Crippen molar-refractivity contribution < 1.29 is 23.9 Å². The summed E-state index contributed by atoms with van der Waals surface area (Å²) in [6.07, 6.45) is -1.12. The van der Waals surface area contributed by atoms with E-state index in [-0.39, 0.29) is 30.6 Å². The predicted molar refractivity (Wildman–Crippen MR) is 114 cm³/mol. The molecule has 32 heavy (non-hydrogen) atoms. The number of nitrogens with one attached hydrogen (secondary N) is 2. The smallest absolute Gasteiger partial charge is 0.288 e. The highest BCUT2D eigenvalue weighted by Crippen LogP contribution is 2.20. The first-order valence-electron chi connectivity index (χ1n) is 10.1. The molecule has 0 radical (unpaired) electrons. The molecule has 3 amide bonds. The van der Waals surface area contributed by atoms with E-state index in [0.29, 0.717) is 5.52 Å². The number of aliphatic hydroxyl groups is 1. The van der Waals surface area contributed by atoms with Crippen molar-refractivity contribution in [3.05, 3.63) is 77.7 Å². The average molecular weight is 436 g/mol. The van der Waals surface area contributed by atoms with Gasteiger partial charge in [0.2, 0.25) is 5.91 Å². The summed E-state index contributed by atoms with van der Waals surface area (Å²) in [4.78, 5) is 43.2. The molecule has 8 nitrogen and oxygen atoms in total. The Morgan fingerprint density at radius 2 is 1.78 bits per heavy atom. The number of rotatable bonds is 4. The third-order valence-electron chi connectivity index (χ3n) is 5.33. The van der Waals surface area contributed by atoms with Crippen molar-refractivity contribution >= 4 is 28.6 Å². The van der Waals surface area contributed by atoms with E-state index in [4.69, 9.17) is 0 Å². The highest BCUT2D eigenvalue weighted by atomic mass is 19.1. The van der Waals surface area contributed by atoms with Gasteiger partial charge in [-0.2, -0.15) is 0 Å². The van der Waals surface area contributed by atoms with Crippen LogP contribution in [0.1, 0.15) is 22.5 Å². The minimum Gasteiger partial charge on any atom is -0.391 e. The van der Waals surface area contributed by atoms with E-state index >= 15 is 0 Å². The molecule has 0 spiro atoms. The number of halogens is 1. The van der Waals surface area contributed by atoms with Gasteiger partial charge in [-0.3, -0.25) is 25.2 Å². The number of likely N-dealkylation sites (tertiary alicyclic amines) is 1. The lowest BCUT2D eigenvalue weighted by molar-refractivity contribution is -0.138. The zero-order valence-corrected chi connectivity index (χ0v) is 17.0. The Bertz CT molecular complexity index is 1190. The summed E-state index contributed by atoms with van der Waals surface area (Å²) in [6, 6.07) is 15.5. The Morgan fingerprint density at radius 3 is 2.59 bits per heavy atom. The van der Waals surface area contributed by atoms with Gasteiger partial charge in [0.1, 0.15) is 17.6 Å². The first kappa shape index (κ1) is 21.4. The topological polar surface area (TPSA) is 112 Å². The van der Waals surface area contributed by atoms with Crippen molar-refractivity contribution in [1.82, 2.24) is 20.7 Å². The second-order valence-corrected chi connectivity index (χ2v) is 7.55. The lowest BCUT2D eigenvalue weighted by Gasteiger charge is -2.24. The molecule has 1 aliphatic rings. The Balaban J connectivity index is 1.40. The first-order chi connectivity index (χ1) is 15.4. The number of aromatic nitrogens is 1. The number of carbonyl (C=O) groups excluding carboxylic acids is 3. The number of amides is 3. The average Bonchev–Trinajstić information content (AvgIpc) is 3.20. The summed E-state index contributed by atoms with van der Waals surface area (Å²) >= 11 is 0. The van der Waals surface area contributed by atoms with Crippen LogP contribution in [0.15, 0.2) is 60.7 Å². The maximum atomic E-state index is 13.9. The van der Waals surface area contributed by atoms with Crippen molar-refractivity contribution in [3.63, 3.8) is 0 Å². The van der Waals surface area contributed by atoms with Crippen LogP contribution in [-0.2, 0) is 16.0 Å². The fourth-order valence-corrected chi connectivity index (χ4v) is 3.70. The highest BCUT2D eigenvalue weighted by Gasteiger charge is 2.39. The van der Waals surface area contributed by atoms with Crippen LogP contribution in [0.5, 0.6) is 0 Å². The largest absolute Gasteiger partial charge is 0.391 e.